The quantitative estimate of drug-likeness (QED) is 0.775. The molecule has 1 amide bonds. The summed E-state index contributed by atoms with van der Waals surface area (Å²) in [6.45, 7) is 8.21. The standard InChI is InChI=1S/C19H23F3N2O2/c1-5-6-12(2)24-11-18(3,4)16(17(24)25)26-14-8-7-13(10-23)15(9-14)19(20,21)22/h7-9,12,16H,5-6,11H2,1-4H3. The van der Waals surface area contributed by atoms with Crippen molar-refractivity contribution in [1.29, 1.82) is 5.26 Å². The molecule has 0 aromatic heterocycles. The second-order valence-corrected chi connectivity index (χ2v) is 7.41. The number of amides is 1. The molecular weight excluding hydrogens is 345 g/mol. The van der Waals surface area contributed by atoms with Crippen LogP contribution in [0, 0.1) is 16.7 Å². The number of carbonyl (C=O) groups excluding carboxylic acids is 1. The number of benzene rings is 1. The third kappa shape index (κ3) is 3.95. The van der Waals surface area contributed by atoms with Gasteiger partial charge in [0, 0.05) is 18.0 Å². The summed E-state index contributed by atoms with van der Waals surface area (Å²) in [5.41, 5.74) is -2.07. The number of carbonyl (C=O) groups is 1. The highest BCUT2D eigenvalue weighted by atomic mass is 19.4. The van der Waals surface area contributed by atoms with Crippen LogP contribution in [0.5, 0.6) is 5.75 Å². The normalized spacial score (nSPS) is 20.8. The number of halogens is 3. The van der Waals surface area contributed by atoms with Crippen molar-refractivity contribution in [3.05, 3.63) is 29.3 Å². The van der Waals surface area contributed by atoms with E-state index < -0.39 is 28.8 Å². The number of likely N-dealkylation sites (tertiary alicyclic amines) is 1. The molecule has 0 spiro atoms. The molecule has 1 aliphatic rings. The van der Waals surface area contributed by atoms with Crippen molar-refractivity contribution < 1.29 is 22.7 Å². The van der Waals surface area contributed by atoms with Gasteiger partial charge in [0.05, 0.1) is 17.2 Å². The van der Waals surface area contributed by atoms with Crippen LogP contribution in [0.1, 0.15) is 51.7 Å². The van der Waals surface area contributed by atoms with Gasteiger partial charge in [-0.2, -0.15) is 18.4 Å². The molecular formula is C19H23F3N2O2. The van der Waals surface area contributed by atoms with Gasteiger partial charge in [0.25, 0.3) is 5.91 Å². The van der Waals surface area contributed by atoms with E-state index in [1.54, 1.807) is 4.90 Å². The molecule has 0 aliphatic carbocycles. The number of alkyl halides is 3. The van der Waals surface area contributed by atoms with E-state index >= 15 is 0 Å². The first-order chi connectivity index (χ1) is 12.0. The molecule has 1 saturated heterocycles. The van der Waals surface area contributed by atoms with Gasteiger partial charge in [-0.25, -0.2) is 0 Å². The van der Waals surface area contributed by atoms with Crippen LogP contribution in [0.2, 0.25) is 0 Å². The van der Waals surface area contributed by atoms with Gasteiger partial charge in [-0.3, -0.25) is 4.79 Å². The Labute approximate surface area is 151 Å². The summed E-state index contributed by atoms with van der Waals surface area (Å²) >= 11 is 0. The minimum atomic E-state index is -4.67. The number of ether oxygens (including phenoxy) is 1. The van der Waals surface area contributed by atoms with E-state index in [4.69, 9.17) is 10.00 Å². The van der Waals surface area contributed by atoms with Crippen molar-refractivity contribution in [1.82, 2.24) is 4.90 Å². The summed E-state index contributed by atoms with van der Waals surface area (Å²) in [4.78, 5) is 14.5. The van der Waals surface area contributed by atoms with Crippen molar-refractivity contribution in [2.75, 3.05) is 6.54 Å². The second-order valence-electron chi connectivity index (χ2n) is 7.41. The summed E-state index contributed by atoms with van der Waals surface area (Å²) in [7, 11) is 0. The summed E-state index contributed by atoms with van der Waals surface area (Å²) in [5, 5.41) is 8.88. The molecule has 1 heterocycles. The number of hydrogen-bond acceptors (Lipinski definition) is 3. The molecule has 1 aromatic rings. The van der Waals surface area contributed by atoms with E-state index in [-0.39, 0.29) is 17.7 Å². The Morgan fingerprint density at radius 1 is 1.42 bits per heavy atom. The van der Waals surface area contributed by atoms with Gasteiger partial charge in [-0.05, 0) is 31.5 Å². The molecule has 0 N–H and O–H groups in total. The molecule has 2 unspecified atom stereocenters. The van der Waals surface area contributed by atoms with E-state index in [1.165, 1.54) is 12.1 Å². The number of nitrogens with zero attached hydrogens (tertiary/aromatic N) is 2. The summed E-state index contributed by atoms with van der Waals surface area (Å²) in [6.07, 6.45) is -3.75. The van der Waals surface area contributed by atoms with E-state index in [9.17, 15) is 18.0 Å². The van der Waals surface area contributed by atoms with E-state index in [0.717, 1.165) is 25.0 Å². The molecule has 0 saturated carbocycles. The van der Waals surface area contributed by atoms with E-state index in [1.807, 2.05) is 27.7 Å². The zero-order valence-corrected chi connectivity index (χ0v) is 15.4. The lowest BCUT2D eigenvalue weighted by molar-refractivity contribution is -0.138. The summed E-state index contributed by atoms with van der Waals surface area (Å²) in [6, 6.07) is 4.75. The van der Waals surface area contributed by atoms with Crippen molar-refractivity contribution in [3.63, 3.8) is 0 Å². The van der Waals surface area contributed by atoms with Gasteiger partial charge in [0.15, 0.2) is 6.10 Å². The fourth-order valence-corrected chi connectivity index (χ4v) is 3.31. The molecule has 0 radical (unpaired) electrons. The molecule has 142 valence electrons. The Bertz CT molecular complexity index is 722. The fourth-order valence-electron chi connectivity index (χ4n) is 3.31. The van der Waals surface area contributed by atoms with Gasteiger partial charge < -0.3 is 9.64 Å². The molecule has 1 fully saturated rings. The molecule has 1 aliphatic heterocycles. The van der Waals surface area contributed by atoms with Crippen molar-refractivity contribution in [2.24, 2.45) is 5.41 Å². The first-order valence-corrected chi connectivity index (χ1v) is 8.59. The van der Waals surface area contributed by atoms with Gasteiger partial charge in [-0.1, -0.05) is 27.2 Å². The van der Waals surface area contributed by atoms with Crippen molar-refractivity contribution in [3.8, 4) is 11.8 Å². The maximum atomic E-state index is 13.1. The predicted molar refractivity (Wildman–Crippen MR) is 90.4 cm³/mol. The maximum Gasteiger partial charge on any atom is 0.417 e. The fraction of sp³-hybridized carbons (Fsp3) is 0.579. The summed E-state index contributed by atoms with van der Waals surface area (Å²) in [5.74, 6) is -0.276. The average molecular weight is 368 g/mol. The van der Waals surface area contributed by atoms with Crippen molar-refractivity contribution in [2.45, 2.75) is 58.9 Å². The SMILES string of the molecule is CCCC(C)N1CC(C)(C)C(Oc2ccc(C#N)c(C(F)(F)F)c2)C1=O. The number of rotatable bonds is 5. The molecule has 2 rings (SSSR count). The highest BCUT2D eigenvalue weighted by molar-refractivity contribution is 5.85. The molecule has 1 aromatic carbocycles. The first kappa shape index (κ1) is 20.1. The van der Waals surface area contributed by atoms with Crippen LogP contribution in [0.25, 0.3) is 0 Å². The summed E-state index contributed by atoms with van der Waals surface area (Å²) < 4.78 is 45.1. The van der Waals surface area contributed by atoms with Crippen LogP contribution in [0.15, 0.2) is 18.2 Å². The smallest absolute Gasteiger partial charge is 0.417 e. The molecule has 26 heavy (non-hydrogen) atoms. The monoisotopic (exact) mass is 368 g/mol. The van der Waals surface area contributed by atoms with Gasteiger partial charge >= 0.3 is 6.18 Å². The van der Waals surface area contributed by atoms with Crippen LogP contribution < -0.4 is 4.74 Å². The molecule has 7 heteroatoms. The Balaban J connectivity index is 2.30. The van der Waals surface area contributed by atoms with Crippen LogP contribution >= 0.6 is 0 Å². The molecule has 0 bridgehead atoms. The average Bonchev–Trinajstić information content (AvgIpc) is 2.78. The third-order valence-corrected chi connectivity index (χ3v) is 4.70. The maximum absolute atomic E-state index is 13.1. The minimum absolute atomic E-state index is 0.0482. The highest BCUT2D eigenvalue weighted by Gasteiger charge is 2.49. The van der Waals surface area contributed by atoms with E-state index in [0.29, 0.717) is 6.54 Å². The largest absolute Gasteiger partial charge is 0.480 e. The Hall–Kier alpha value is -2.23. The van der Waals surface area contributed by atoms with Crippen LogP contribution in [-0.2, 0) is 11.0 Å². The lowest BCUT2D eigenvalue weighted by Crippen LogP contribution is -2.39. The zero-order valence-electron chi connectivity index (χ0n) is 15.4. The van der Waals surface area contributed by atoms with E-state index in [2.05, 4.69) is 0 Å². The topological polar surface area (TPSA) is 53.3 Å². The highest BCUT2D eigenvalue weighted by Crippen LogP contribution is 2.38. The predicted octanol–water partition coefficient (Wildman–Crippen LogP) is 4.38. The lowest BCUT2D eigenvalue weighted by atomic mass is 9.89. The Morgan fingerprint density at radius 2 is 2.08 bits per heavy atom. The van der Waals surface area contributed by atoms with Crippen LogP contribution in [0.3, 0.4) is 0 Å². The zero-order chi connectivity index (χ0) is 19.7. The Morgan fingerprint density at radius 3 is 2.62 bits per heavy atom. The Kier molecular flexibility index (Phi) is 5.55. The second kappa shape index (κ2) is 7.18. The van der Waals surface area contributed by atoms with Gasteiger partial charge in [-0.15, -0.1) is 0 Å². The van der Waals surface area contributed by atoms with Crippen LogP contribution in [-0.4, -0.2) is 29.5 Å². The van der Waals surface area contributed by atoms with Gasteiger partial charge in [0.1, 0.15) is 5.75 Å². The first-order valence-electron chi connectivity index (χ1n) is 8.59. The number of hydrogen-bond donors (Lipinski definition) is 0. The van der Waals surface area contributed by atoms with Gasteiger partial charge in [0.2, 0.25) is 0 Å². The van der Waals surface area contributed by atoms with Crippen molar-refractivity contribution >= 4 is 5.91 Å². The third-order valence-electron chi connectivity index (χ3n) is 4.70. The van der Waals surface area contributed by atoms with Crippen LogP contribution in [0.4, 0.5) is 13.2 Å². The number of nitriles is 1. The molecule has 2 atom stereocenters. The minimum Gasteiger partial charge on any atom is -0.480 e. The molecule has 4 nitrogen and oxygen atoms in total. The lowest BCUT2D eigenvalue weighted by Gasteiger charge is -2.25.